The second-order valence-corrected chi connectivity index (χ2v) is 6.20. The highest BCUT2D eigenvalue weighted by Crippen LogP contribution is 2.26. The zero-order valence-electron chi connectivity index (χ0n) is 11.5. The summed E-state index contributed by atoms with van der Waals surface area (Å²) in [6.45, 7) is 2.82. The van der Waals surface area contributed by atoms with Gasteiger partial charge in [0.25, 0.3) is 0 Å². The number of piperidine rings is 1. The fourth-order valence-corrected chi connectivity index (χ4v) is 3.08. The number of aliphatic hydroxyl groups is 1. The number of rotatable bonds is 3. The number of nitrogens with zero attached hydrogens (tertiary/aromatic N) is 1. The van der Waals surface area contributed by atoms with E-state index in [4.69, 9.17) is 23.2 Å². The fraction of sp³-hybridized carbons (Fsp3) is 0.533. The van der Waals surface area contributed by atoms with Gasteiger partial charge in [-0.25, -0.2) is 0 Å². The molecule has 1 aliphatic heterocycles. The van der Waals surface area contributed by atoms with Crippen LogP contribution in [0.1, 0.15) is 25.3 Å². The number of carbonyl (C=O) groups excluding carboxylic acids is 1. The zero-order valence-corrected chi connectivity index (χ0v) is 13.0. The molecule has 1 aromatic carbocycles. The molecule has 0 bridgehead atoms. The molecule has 1 saturated heterocycles. The van der Waals surface area contributed by atoms with Crippen molar-refractivity contribution >= 4 is 29.1 Å². The van der Waals surface area contributed by atoms with Crippen LogP contribution in [0.5, 0.6) is 0 Å². The first kappa shape index (κ1) is 15.6. The van der Waals surface area contributed by atoms with E-state index in [0.29, 0.717) is 22.4 Å². The van der Waals surface area contributed by atoms with Gasteiger partial charge in [-0.1, -0.05) is 36.2 Å². The Hall–Kier alpha value is -0.770. The van der Waals surface area contributed by atoms with E-state index < -0.39 is 0 Å². The third-order valence-corrected chi connectivity index (χ3v) is 4.70. The molecule has 0 radical (unpaired) electrons. The van der Waals surface area contributed by atoms with E-state index in [0.717, 1.165) is 24.9 Å². The largest absolute Gasteiger partial charge is 0.394 e. The molecule has 0 saturated carbocycles. The SMILES string of the molecule is CC1CCCN(C(=O)Cc2ccc(Cl)c(Cl)c2)C1CO. The lowest BCUT2D eigenvalue weighted by molar-refractivity contribution is -0.136. The van der Waals surface area contributed by atoms with Crippen molar-refractivity contribution in [2.24, 2.45) is 5.92 Å². The van der Waals surface area contributed by atoms with E-state index in [1.54, 1.807) is 17.0 Å². The first-order valence-corrected chi connectivity index (χ1v) is 7.62. The number of hydrogen-bond acceptors (Lipinski definition) is 2. The quantitative estimate of drug-likeness (QED) is 0.930. The van der Waals surface area contributed by atoms with E-state index in [9.17, 15) is 9.90 Å². The summed E-state index contributed by atoms with van der Waals surface area (Å²) >= 11 is 11.8. The molecule has 1 aliphatic rings. The Labute approximate surface area is 129 Å². The van der Waals surface area contributed by atoms with Crippen LogP contribution in [0.4, 0.5) is 0 Å². The second kappa shape index (κ2) is 6.79. The number of hydrogen-bond donors (Lipinski definition) is 1. The van der Waals surface area contributed by atoms with E-state index >= 15 is 0 Å². The Kier molecular flexibility index (Phi) is 5.30. The molecular formula is C15H19Cl2NO2. The minimum atomic E-state index is -0.0703. The molecule has 1 aromatic rings. The monoisotopic (exact) mass is 315 g/mol. The van der Waals surface area contributed by atoms with Gasteiger partial charge in [0, 0.05) is 6.54 Å². The predicted octanol–water partition coefficient (Wildman–Crippen LogP) is 3.16. The smallest absolute Gasteiger partial charge is 0.227 e. The molecule has 1 heterocycles. The Balaban J connectivity index is 2.08. The molecule has 2 unspecified atom stereocenters. The van der Waals surface area contributed by atoms with E-state index in [-0.39, 0.29) is 18.6 Å². The van der Waals surface area contributed by atoms with Gasteiger partial charge in [0.05, 0.1) is 29.1 Å². The highest BCUT2D eigenvalue weighted by atomic mass is 35.5. The van der Waals surface area contributed by atoms with Gasteiger partial charge in [0.15, 0.2) is 0 Å². The molecular weight excluding hydrogens is 297 g/mol. The Morgan fingerprint density at radius 3 is 2.80 bits per heavy atom. The number of benzene rings is 1. The maximum absolute atomic E-state index is 12.4. The van der Waals surface area contributed by atoms with Gasteiger partial charge in [-0.05, 0) is 36.5 Å². The van der Waals surface area contributed by atoms with Crippen LogP contribution in [0.25, 0.3) is 0 Å². The van der Waals surface area contributed by atoms with Gasteiger partial charge in [-0.2, -0.15) is 0 Å². The number of amides is 1. The van der Waals surface area contributed by atoms with E-state index in [1.165, 1.54) is 0 Å². The second-order valence-electron chi connectivity index (χ2n) is 5.38. The molecule has 0 spiro atoms. The topological polar surface area (TPSA) is 40.5 Å². The summed E-state index contributed by atoms with van der Waals surface area (Å²) in [7, 11) is 0. The standard InChI is InChI=1S/C15H19Cl2NO2/c1-10-3-2-6-18(14(10)9-19)15(20)8-11-4-5-12(16)13(17)7-11/h4-5,7,10,14,19H,2-3,6,8-9H2,1H3. The number of aliphatic hydroxyl groups excluding tert-OH is 1. The third kappa shape index (κ3) is 3.46. The molecule has 20 heavy (non-hydrogen) atoms. The normalized spacial score (nSPS) is 22.9. The van der Waals surface area contributed by atoms with Crippen LogP contribution >= 0.6 is 23.2 Å². The van der Waals surface area contributed by atoms with Gasteiger partial charge in [-0.3, -0.25) is 4.79 Å². The lowest BCUT2D eigenvalue weighted by Crippen LogP contribution is -2.50. The Morgan fingerprint density at radius 2 is 2.15 bits per heavy atom. The Bertz CT molecular complexity index is 493. The molecule has 0 aromatic heterocycles. The van der Waals surface area contributed by atoms with Crippen molar-refractivity contribution in [1.82, 2.24) is 4.90 Å². The van der Waals surface area contributed by atoms with Gasteiger partial charge < -0.3 is 10.0 Å². The summed E-state index contributed by atoms with van der Waals surface area (Å²) < 4.78 is 0. The van der Waals surface area contributed by atoms with Crippen molar-refractivity contribution in [3.8, 4) is 0 Å². The molecule has 5 heteroatoms. The first-order chi connectivity index (χ1) is 9.52. The van der Waals surface area contributed by atoms with Crippen molar-refractivity contribution in [2.45, 2.75) is 32.2 Å². The average Bonchev–Trinajstić information content (AvgIpc) is 2.42. The molecule has 1 fully saturated rings. The molecule has 1 amide bonds. The van der Waals surface area contributed by atoms with Gasteiger partial charge in [0.2, 0.25) is 5.91 Å². The van der Waals surface area contributed by atoms with Gasteiger partial charge in [-0.15, -0.1) is 0 Å². The van der Waals surface area contributed by atoms with Crippen molar-refractivity contribution < 1.29 is 9.90 Å². The van der Waals surface area contributed by atoms with Gasteiger partial charge in [0.1, 0.15) is 0 Å². The summed E-state index contributed by atoms with van der Waals surface area (Å²) in [5, 5.41) is 10.4. The maximum atomic E-state index is 12.4. The molecule has 2 atom stereocenters. The van der Waals surface area contributed by atoms with Crippen LogP contribution < -0.4 is 0 Å². The van der Waals surface area contributed by atoms with Gasteiger partial charge >= 0.3 is 0 Å². The average molecular weight is 316 g/mol. The predicted molar refractivity (Wildman–Crippen MR) is 81.2 cm³/mol. The third-order valence-electron chi connectivity index (χ3n) is 3.96. The van der Waals surface area contributed by atoms with Crippen LogP contribution in [-0.2, 0) is 11.2 Å². The first-order valence-electron chi connectivity index (χ1n) is 6.87. The molecule has 2 rings (SSSR count). The fourth-order valence-electron chi connectivity index (χ4n) is 2.76. The number of likely N-dealkylation sites (tertiary alicyclic amines) is 1. The zero-order chi connectivity index (χ0) is 14.7. The lowest BCUT2D eigenvalue weighted by atomic mass is 9.91. The van der Waals surface area contributed by atoms with Crippen molar-refractivity contribution in [1.29, 1.82) is 0 Å². The summed E-state index contributed by atoms with van der Waals surface area (Å²) in [6, 6.07) is 5.17. The van der Waals surface area contributed by atoms with Crippen LogP contribution in [0.3, 0.4) is 0 Å². The highest BCUT2D eigenvalue weighted by molar-refractivity contribution is 6.42. The summed E-state index contributed by atoms with van der Waals surface area (Å²) in [6.07, 6.45) is 2.34. The molecule has 1 N–H and O–H groups in total. The Morgan fingerprint density at radius 1 is 1.40 bits per heavy atom. The van der Waals surface area contributed by atoms with Crippen molar-refractivity contribution in [3.05, 3.63) is 33.8 Å². The minimum absolute atomic E-state index is 0.0221. The van der Waals surface area contributed by atoms with E-state index in [2.05, 4.69) is 6.92 Å². The molecule has 110 valence electrons. The minimum Gasteiger partial charge on any atom is -0.394 e. The highest BCUT2D eigenvalue weighted by Gasteiger charge is 2.31. The van der Waals surface area contributed by atoms with E-state index in [1.807, 2.05) is 6.07 Å². The number of halogens is 2. The van der Waals surface area contributed by atoms with Crippen LogP contribution in [-0.4, -0.2) is 35.1 Å². The summed E-state index contributed by atoms with van der Waals surface area (Å²) in [4.78, 5) is 14.2. The van der Waals surface area contributed by atoms with Crippen molar-refractivity contribution in [3.63, 3.8) is 0 Å². The summed E-state index contributed by atoms with van der Waals surface area (Å²) in [5.41, 5.74) is 0.847. The van der Waals surface area contributed by atoms with Crippen LogP contribution in [0.2, 0.25) is 10.0 Å². The number of carbonyl (C=O) groups is 1. The summed E-state index contributed by atoms with van der Waals surface area (Å²) in [5.74, 6) is 0.375. The maximum Gasteiger partial charge on any atom is 0.227 e. The van der Waals surface area contributed by atoms with Crippen LogP contribution in [0, 0.1) is 5.92 Å². The van der Waals surface area contributed by atoms with Crippen LogP contribution in [0.15, 0.2) is 18.2 Å². The molecule has 0 aliphatic carbocycles. The lowest BCUT2D eigenvalue weighted by Gasteiger charge is -2.39. The molecule has 3 nitrogen and oxygen atoms in total. The van der Waals surface area contributed by atoms with Crippen molar-refractivity contribution in [2.75, 3.05) is 13.2 Å².